The van der Waals surface area contributed by atoms with Gasteiger partial charge in [-0.15, -0.1) is 23.2 Å². The zero-order valence-corrected chi connectivity index (χ0v) is 18.7. The average molecular weight is 470 g/mol. The van der Waals surface area contributed by atoms with Crippen molar-refractivity contribution in [2.24, 2.45) is 5.73 Å². The van der Waals surface area contributed by atoms with Crippen molar-refractivity contribution in [3.8, 4) is 0 Å². The van der Waals surface area contributed by atoms with Gasteiger partial charge in [-0.25, -0.2) is 4.79 Å². The summed E-state index contributed by atoms with van der Waals surface area (Å²) < 4.78 is 0. The Bertz CT molecular complexity index is 768. The number of benzene rings is 2. The Kier molecular flexibility index (Phi) is 13.3. The molecule has 0 fully saturated rings. The average Bonchev–Trinajstić information content (AvgIpc) is 2.79. The van der Waals surface area contributed by atoms with Crippen molar-refractivity contribution in [3.63, 3.8) is 0 Å². The second-order valence-electron chi connectivity index (χ2n) is 6.48. The molecule has 7 nitrogen and oxygen atoms in total. The molecule has 0 saturated heterocycles. The van der Waals surface area contributed by atoms with Crippen LogP contribution in [0.3, 0.4) is 0 Å². The van der Waals surface area contributed by atoms with Crippen molar-refractivity contribution in [2.75, 3.05) is 42.9 Å². The van der Waals surface area contributed by atoms with E-state index in [9.17, 15) is 14.7 Å². The van der Waals surface area contributed by atoms with Crippen LogP contribution in [0.4, 0.5) is 5.69 Å². The number of halogens is 2. The molecule has 0 unspecified atom stereocenters. The number of carboxylic acid groups (broad SMARTS) is 1. The summed E-state index contributed by atoms with van der Waals surface area (Å²) >= 11 is 11.7. The molecule has 0 aliphatic carbocycles. The van der Waals surface area contributed by atoms with Crippen molar-refractivity contribution < 1.29 is 19.8 Å². The van der Waals surface area contributed by atoms with Gasteiger partial charge in [-0.3, -0.25) is 4.79 Å². The van der Waals surface area contributed by atoms with Gasteiger partial charge in [0.05, 0.1) is 6.61 Å². The lowest BCUT2D eigenvalue weighted by Gasteiger charge is -2.23. The smallest absolute Gasteiger partial charge is 0.326 e. The third kappa shape index (κ3) is 10.0. The quantitative estimate of drug-likeness (QED) is 0.375. The number of nitrogens with two attached hydrogens (primary N) is 1. The van der Waals surface area contributed by atoms with Crippen LogP contribution in [0, 0.1) is 0 Å². The Morgan fingerprint density at radius 2 is 1.55 bits per heavy atom. The number of aliphatic hydroxyl groups excluding tert-OH is 1. The highest BCUT2D eigenvalue weighted by Gasteiger charge is 2.21. The van der Waals surface area contributed by atoms with Gasteiger partial charge in [0.25, 0.3) is 5.91 Å². The second-order valence-corrected chi connectivity index (χ2v) is 7.23. The normalized spacial score (nSPS) is 11.1. The third-order valence-corrected chi connectivity index (χ3v) is 4.56. The lowest BCUT2D eigenvalue weighted by atomic mass is 10.0. The van der Waals surface area contributed by atoms with Crippen LogP contribution in [0.5, 0.6) is 0 Å². The SMILES string of the molecule is NCCO.O=C(N[C@@H](Cc1ccc(N(CCCl)CCCl)cc1)C(=O)O)c1ccccc1. The van der Waals surface area contributed by atoms with Gasteiger partial charge in [-0.1, -0.05) is 30.3 Å². The lowest BCUT2D eigenvalue weighted by molar-refractivity contribution is -0.139. The first kappa shape index (κ1) is 26.7. The minimum absolute atomic E-state index is 0.0972. The number of hydrogen-bond donors (Lipinski definition) is 4. The van der Waals surface area contributed by atoms with Gasteiger partial charge in [0, 0.05) is 49.1 Å². The molecule has 0 bridgehead atoms. The van der Waals surface area contributed by atoms with Crippen molar-refractivity contribution >= 4 is 40.8 Å². The Hall–Kier alpha value is -2.32. The van der Waals surface area contributed by atoms with E-state index in [2.05, 4.69) is 10.2 Å². The summed E-state index contributed by atoms with van der Waals surface area (Å²) in [5, 5.41) is 19.8. The van der Waals surface area contributed by atoms with Crippen molar-refractivity contribution in [3.05, 3.63) is 65.7 Å². The topological polar surface area (TPSA) is 116 Å². The Balaban J connectivity index is 0.00000110. The van der Waals surface area contributed by atoms with Gasteiger partial charge in [0.1, 0.15) is 6.04 Å². The van der Waals surface area contributed by atoms with Crippen LogP contribution in [-0.4, -0.2) is 66.1 Å². The summed E-state index contributed by atoms with van der Waals surface area (Å²) in [6.07, 6.45) is 0.194. The summed E-state index contributed by atoms with van der Waals surface area (Å²) in [5.74, 6) is -0.500. The number of aliphatic hydroxyl groups is 1. The van der Waals surface area contributed by atoms with Gasteiger partial charge < -0.3 is 26.2 Å². The molecular formula is C22H29Cl2N3O4. The summed E-state index contributed by atoms with van der Waals surface area (Å²) in [5.41, 5.74) is 6.99. The molecule has 0 aromatic heterocycles. The highest BCUT2D eigenvalue weighted by molar-refractivity contribution is 6.18. The molecule has 5 N–H and O–H groups in total. The zero-order valence-electron chi connectivity index (χ0n) is 17.2. The highest BCUT2D eigenvalue weighted by Crippen LogP contribution is 2.17. The number of aliphatic carboxylic acids is 1. The molecule has 0 spiro atoms. The number of amides is 1. The maximum absolute atomic E-state index is 12.2. The van der Waals surface area contributed by atoms with Crippen LogP contribution in [0.2, 0.25) is 0 Å². The van der Waals surface area contributed by atoms with E-state index in [0.717, 1.165) is 11.3 Å². The maximum atomic E-state index is 12.2. The van der Waals surface area contributed by atoms with Gasteiger partial charge in [0.2, 0.25) is 0 Å². The number of carbonyl (C=O) groups excluding carboxylic acids is 1. The van der Waals surface area contributed by atoms with E-state index in [-0.39, 0.29) is 13.0 Å². The number of rotatable bonds is 11. The van der Waals surface area contributed by atoms with Gasteiger partial charge in [-0.05, 0) is 29.8 Å². The molecule has 0 heterocycles. The summed E-state index contributed by atoms with van der Waals surface area (Å²) in [7, 11) is 0. The van der Waals surface area contributed by atoms with Crippen LogP contribution in [0.25, 0.3) is 0 Å². The van der Waals surface area contributed by atoms with Crippen LogP contribution < -0.4 is 16.0 Å². The van der Waals surface area contributed by atoms with E-state index < -0.39 is 17.9 Å². The largest absolute Gasteiger partial charge is 0.480 e. The Morgan fingerprint density at radius 1 is 1.00 bits per heavy atom. The fraction of sp³-hybridized carbons (Fsp3) is 0.364. The molecule has 0 aliphatic heterocycles. The van der Waals surface area contributed by atoms with Gasteiger partial charge in [-0.2, -0.15) is 0 Å². The molecule has 0 aliphatic rings. The predicted molar refractivity (Wildman–Crippen MR) is 125 cm³/mol. The van der Waals surface area contributed by atoms with Gasteiger partial charge >= 0.3 is 5.97 Å². The Labute approximate surface area is 192 Å². The van der Waals surface area contributed by atoms with E-state index in [4.69, 9.17) is 34.0 Å². The standard InChI is InChI=1S/C20H22Cl2N2O3.C2H7NO/c21-10-12-24(13-11-22)17-8-6-15(7-9-17)14-18(20(26)27)23-19(25)16-4-2-1-3-5-16;3-1-2-4/h1-9,18H,10-14H2,(H,23,25)(H,26,27);4H,1-3H2/t18-;/m0./s1. The summed E-state index contributed by atoms with van der Waals surface area (Å²) in [6, 6.07) is 15.1. The van der Waals surface area contributed by atoms with Crippen molar-refractivity contribution in [1.82, 2.24) is 5.32 Å². The predicted octanol–water partition coefficient (Wildman–Crippen LogP) is 2.33. The molecule has 1 atom stereocenters. The van der Waals surface area contributed by atoms with E-state index in [0.29, 0.717) is 37.0 Å². The van der Waals surface area contributed by atoms with Crippen molar-refractivity contribution in [1.29, 1.82) is 0 Å². The molecular weight excluding hydrogens is 441 g/mol. The molecule has 2 aromatic rings. The second kappa shape index (κ2) is 15.5. The third-order valence-electron chi connectivity index (χ3n) is 4.22. The first-order valence-corrected chi connectivity index (χ1v) is 10.9. The van der Waals surface area contributed by atoms with Crippen LogP contribution in [0.1, 0.15) is 15.9 Å². The number of alkyl halides is 2. The Morgan fingerprint density at radius 3 is 2.00 bits per heavy atom. The lowest BCUT2D eigenvalue weighted by Crippen LogP contribution is -2.42. The van der Waals surface area contributed by atoms with Crippen LogP contribution in [-0.2, 0) is 11.2 Å². The molecule has 0 saturated carbocycles. The number of anilines is 1. The maximum Gasteiger partial charge on any atom is 0.326 e. The number of nitrogens with one attached hydrogen (secondary N) is 1. The summed E-state index contributed by atoms with van der Waals surface area (Å²) in [4.78, 5) is 25.9. The van der Waals surface area contributed by atoms with Gasteiger partial charge in [0.15, 0.2) is 0 Å². The highest BCUT2D eigenvalue weighted by atomic mass is 35.5. The number of carbonyl (C=O) groups is 2. The minimum atomic E-state index is -1.07. The first-order valence-electron chi connectivity index (χ1n) is 9.82. The zero-order chi connectivity index (χ0) is 23.1. The fourth-order valence-corrected chi connectivity index (χ4v) is 3.09. The minimum Gasteiger partial charge on any atom is -0.480 e. The molecule has 170 valence electrons. The molecule has 2 aromatic carbocycles. The van der Waals surface area contributed by atoms with E-state index in [1.54, 1.807) is 30.3 Å². The van der Waals surface area contributed by atoms with E-state index >= 15 is 0 Å². The molecule has 2 rings (SSSR count). The van der Waals surface area contributed by atoms with Crippen LogP contribution >= 0.6 is 23.2 Å². The number of carboxylic acids is 1. The van der Waals surface area contributed by atoms with Crippen LogP contribution in [0.15, 0.2) is 54.6 Å². The molecule has 1 amide bonds. The van der Waals surface area contributed by atoms with E-state index in [1.165, 1.54) is 0 Å². The van der Waals surface area contributed by atoms with Crippen molar-refractivity contribution in [2.45, 2.75) is 12.5 Å². The first-order chi connectivity index (χ1) is 15.0. The molecule has 9 heteroatoms. The summed E-state index contributed by atoms with van der Waals surface area (Å²) in [6.45, 7) is 1.83. The monoisotopic (exact) mass is 469 g/mol. The number of nitrogens with zero attached hydrogens (tertiary/aromatic N) is 1. The number of hydrogen-bond acceptors (Lipinski definition) is 5. The molecule has 0 radical (unpaired) electrons. The fourth-order valence-electron chi connectivity index (χ4n) is 2.68. The van der Waals surface area contributed by atoms with E-state index in [1.807, 2.05) is 24.3 Å². The molecule has 31 heavy (non-hydrogen) atoms.